The second-order valence-corrected chi connectivity index (χ2v) is 22.4. The van der Waals surface area contributed by atoms with E-state index in [9.17, 15) is 0 Å². The summed E-state index contributed by atoms with van der Waals surface area (Å²) in [6.07, 6.45) is 0. The number of rotatable bonds is 11. The van der Waals surface area contributed by atoms with Gasteiger partial charge in [0.25, 0.3) is 0 Å². The summed E-state index contributed by atoms with van der Waals surface area (Å²) in [5.41, 5.74) is 20.5. The lowest BCUT2D eigenvalue weighted by Gasteiger charge is -2.31. The number of nitrogens with zero attached hydrogens (tertiary/aromatic N) is 3. The van der Waals surface area contributed by atoms with Gasteiger partial charge in [-0.15, -0.1) is 11.3 Å². The number of hydrogen-bond acceptors (Lipinski definition) is 4. The molecule has 0 N–H and O–H groups in total. The van der Waals surface area contributed by atoms with Gasteiger partial charge in [0.15, 0.2) is 0 Å². The molecule has 13 aromatic carbocycles. The highest BCUT2D eigenvalue weighted by Crippen LogP contribution is 2.46. The molecule has 83 heavy (non-hydrogen) atoms. The third kappa shape index (κ3) is 8.62. The van der Waals surface area contributed by atoms with Crippen LogP contribution in [0.1, 0.15) is 0 Å². The standard InChI is InChI=1S/C78H51N3OS/c1-3-15-52(16-4-1)54-27-37-60(38-28-54)79(62-41-31-56(32-42-62)58-35-45-76-71(47-58)69-21-9-13-25-75(69)82-76)64-49-65(51-66(50-64)81-73-23-11-7-19-67(73)68-20-8-12-24-74(68)81)80(61-39-29-55(30-40-61)53-17-5-2-6-18-53)63-43-33-57(34-44-63)59-36-46-78-72(48-59)70-22-10-14-26-77(70)83-78/h1-51H. The monoisotopic (exact) mass is 1080 g/mol. The van der Waals surface area contributed by atoms with Crippen LogP contribution in [0.4, 0.5) is 34.1 Å². The molecule has 0 unspecified atom stereocenters. The van der Waals surface area contributed by atoms with Gasteiger partial charge in [-0.2, -0.15) is 0 Å². The average molecular weight is 1080 g/mol. The van der Waals surface area contributed by atoms with Gasteiger partial charge >= 0.3 is 0 Å². The van der Waals surface area contributed by atoms with E-state index < -0.39 is 0 Å². The van der Waals surface area contributed by atoms with Crippen LogP contribution in [-0.4, -0.2) is 4.57 Å². The first-order valence-corrected chi connectivity index (χ1v) is 29.0. The number of aromatic nitrogens is 1. The van der Waals surface area contributed by atoms with Crippen LogP contribution in [0.15, 0.2) is 314 Å². The van der Waals surface area contributed by atoms with E-state index >= 15 is 0 Å². The van der Waals surface area contributed by atoms with E-state index in [2.05, 4.69) is 312 Å². The smallest absolute Gasteiger partial charge is 0.135 e. The molecule has 0 amide bonds. The summed E-state index contributed by atoms with van der Waals surface area (Å²) in [6, 6.07) is 113. The van der Waals surface area contributed by atoms with E-state index in [0.717, 1.165) is 101 Å². The van der Waals surface area contributed by atoms with Crippen molar-refractivity contribution in [3.8, 4) is 50.2 Å². The molecule has 16 rings (SSSR count). The second kappa shape index (κ2) is 20.1. The largest absolute Gasteiger partial charge is 0.456 e. The maximum absolute atomic E-state index is 6.25. The van der Waals surface area contributed by atoms with Crippen molar-refractivity contribution in [1.29, 1.82) is 0 Å². The van der Waals surface area contributed by atoms with Gasteiger partial charge < -0.3 is 18.8 Å². The summed E-state index contributed by atoms with van der Waals surface area (Å²) in [4.78, 5) is 4.83. The summed E-state index contributed by atoms with van der Waals surface area (Å²) in [5, 5.41) is 7.23. The van der Waals surface area contributed by atoms with Gasteiger partial charge in [-0.05, 0) is 160 Å². The van der Waals surface area contributed by atoms with Gasteiger partial charge in [-0.3, -0.25) is 0 Å². The summed E-state index contributed by atoms with van der Waals surface area (Å²) in [7, 11) is 0. The van der Waals surface area contributed by atoms with Crippen LogP contribution >= 0.6 is 11.3 Å². The highest BCUT2D eigenvalue weighted by molar-refractivity contribution is 7.25. The Morgan fingerprint density at radius 2 is 0.614 bits per heavy atom. The number of anilines is 6. The number of benzene rings is 13. The zero-order valence-corrected chi connectivity index (χ0v) is 45.9. The molecule has 0 aliphatic rings. The minimum absolute atomic E-state index is 0.887. The van der Waals surface area contributed by atoms with Crippen molar-refractivity contribution in [3.05, 3.63) is 309 Å². The first-order chi connectivity index (χ1) is 41.1. The van der Waals surface area contributed by atoms with Crippen LogP contribution in [0, 0.1) is 0 Å². The molecule has 0 radical (unpaired) electrons. The summed E-state index contributed by atoms with van der Waals surface area (Å²) in [5.74, 6) is 0. The van der Waals surface area contributed by atoms with Gasteiger partial charge in [0.1, 0.15) is 11.2 Å². The van der Waals surface area contributed by atoms with Gasteiger partial charge in [-0.1, -0.05) is 194 Å². The highest BCUT2D eigenvalue weighted by atomic mass is 32.1. The molecule has 4 nitrogen and oxygen atoms in total. The van der Waals surface area contributed by atoms with Gasteiger partial charge in [0.05, 0.1) is 28.1 Å². The lowest BCUT2D eigenvalue weighted by atomic mass is 10.0. The number of furan rings is 1. The van der Waals surface area contributed by atoms with E-state index in [-0.39, 0.29) is 0 Å². The van der Waals surface area contributed by atoms with Crippen molar-refractivity contribution >= 4 is 109 Å². The molecular formula is C78H51N3OS. The summed E-state index contributed by atoms with van der Waals surface area (Å²) < 4.78 is 11.3. The SMILES string of the molecule is c1ccc(-c2ccc(N(c3ccc(-c4ccc5oc6ccccc6c5c4)cc3)c3cc(N(c4ccc(-c5ccccc5)cc4)c4ccc(-c5ccc6sc7ccccc7c6c5)cc4)cc(-n4c5ccccc5c5ccccc54)c3)cc2)cc1. The summed E-state index contributed by atoms with van der Waals surface area (Å²) >= 11 is 1.85. The average Bonchev–Trinajstić information content (AvgIpc) is 3.71. The lowest BCUT2D eigenvalue weighted by Crippen LogP contribution is -2.14. The Labute approximate surface area is 484 Å². The quantitative estimate of drug-likeness (QED) is 0.129. The van der Waals surface area contributed by atoms with E-state index in [0.29, 0.717) is 0 Å². The van der Waals surface area contributed by atoms with Crippen LogP contribution in [0.2, 0.25) is 0 Å². The van der Waals surface area contributed by atoms with Crippen molar-refractivity contribution in [2.45, 2.75) is 0 Å². The van der Waals surface area contributed by atoms with Crippen molar-refractivity contribution in [1.82, 2.24) is 4.57 Å². The van der Waals surface area contributed by atoms with Gasteiger partial charge in [0, 0.05) is 64.5 Å². The Bertz CT molecular complexity index is 4740. The first-order valence-electron chi connectivity index (χ1n) is 28.2. The Kier molecular flexibility index (Phi) is 11.7. The molecule has 0 atom stereocenters. The Balaban J connectivity index is 0.901. The Morgan fingerprint density at radius 1 is 0.241 bits per heavy atom. The molecule has 0 aliphatic carbocycles. The van der Waals surface area contributed by atoms with Crippen LogP contribution in [0.5, 0.6) is 0 Å². The van der Waals surface area contributed by atoms with Crippen LogP contribution in [0.25, 0.3) is 114 Å². The van der Waals surface area contributed by atoms with Crippen molar-refractivity contribution in [3.63, 3.8) is 0 Å². The third-order valence-corrected chi connectivity index (χ3v) is 17.5. The lowest BCUT2D eigenvalue weighted by molar-refractivity contribution is 0.669. The van der Waals surface area contributed by atoms with Crippen LogP contribution in [0.3, 0.4) is 0 Å². The van der Waals surface area contributed by atoms with E-state index in [1.807, 2.05) is 23.5 Å². The molecular weight excluding hydrogens is 1030 g/mol. The topological polar surface area (TPSA) is 24.6 Å². The van der Waals surface area contributed by atoms with E-state index in [4.69, 9.17) is 4.42 Å². The van der Waals surface area contributed by atoms with Crippen molar-refractivity contribution in [2.75, 3.05) is 9.80 Å². The molecule has 0 spiro atoms. The van der Waals surface area contributed by atoms with Crippen LogP contribution < -0.4 is 9.80 Å². The first kappa shape index (κ1) is 48.2. The number of para-hydroxylation sites is 3. The molecule has 0 aliphatic heterocycles. The fourth-order valence-electron chi connectivity index (χ4n) is 12.3. The second-order valence-electron chi connectivity index (χ2n) is 21.3. The number of fused-ring (bicyclic) bond motifs is 9. The van der Waals surface area contributed by atoms with E-state index in [1.165, 1.54) is 47.6 Å². The minimum atomic E-state index is 0.887. The predicted octanol–water partition coefficient (Wildman–Crippen LogP) is 22.7. The Morgan fingerprint density at radius 3 is 1.14 bits per heavy atom. The molecule has 0 saturated carbocycles. The van der Waals surface area contributed by atoms with E-state index in [1.54, 1.807) is 0 Å². The number of thiophene rings is 1. The normalized spacial score (nSPS) is 11.6. The molecule has 16 aromatic rings. The van der Waals surface area contributed by atoms with Gasteiger partial charge in [-0.25, -0.2) is 0 Å². The minimum Gasteiger partial charge on any atom is -0.456 e. The maximum Gasteiger partial charge on any atom is 0.135 e. The fraction of sp³-hybridized carbons (Fsp3) is 0. The number of hydrogen-bond donors (Lipinski definition) is 0. The van der Waals surface area contributed by atoms with Crippen molar-refractivity contribution < 1.29 is 4.42 Å². The maximum atomic E-state index is 6.25. The predicted molar refractivity (Wildman–Crippen MR) is 352 cm³/mol. The third-order valence-electron chi connectivity index (χ3n) is 16.4. The Hall–Kier alpha value is -10.7. The molecule has 5 heteroatoms. The molecule has 0 saturated heterocycles. The van der Waals surface area contributed by atoms with Crippen LogP contribution in [-0.2, 0) is 0 Å². The fourth-order valence-corrected chi connectivity index (χ4v) is 13.4. The molecule has 390 valence electrons. The zero-order valence-electron chi connectivity index (χ0n) is 45.1. The van der Waals surface area contributed by atoms with Crippen molar-refractivity contribution in [2.24, 2.45) is 0 Å². The summed E-state index contributed by atoms with van der Waals surface area (Å²) in [6.45, 7) is 0. The molecule has 0 fully saturated rings. The zero-order chi connectivity index (χ0) is 54.8. The molecule has 3 aromatic heterocycles. The highest BCUT2D eigenvalue weighted by Gasteiger charge is 2.23. The molecule has 0 bridgehead atoms. The molecule has 3 heterocycles. The van der Waals surface area contributed by atoms with Gasteiger partial charge in [0.2, 0.25) is 0 Å².